The SMILES string of the molecule is CCOC(=O)N1CCC(CN2C[C@@H]3CN(C(=O)Cn4cc(NC(O)c5cnn6cccnc56)c(-c5cc(Cl)ccc5OC(F)F)n4)C[C@@H]3C2)CC1. The standard InChI is InChI=1S/C34H40ClF2N9O5/c1-2-50-34(49)43-10-6-21(7-11-43)14-42-15-22-17-44(18-23(22)16-42)29(47)20-45-19-27(40-32(48)26-13-39-46-9-3-8-38-31(26)46)30(41-45)25-12-24(35)4-5-28(25)51-33(36)37/h3-5,8-9,12-13,19,21-23,32-33,40,48H,2,6-7,10-11,14-18,20H2,1H3/t22-,23+,32?. The number of fused-ring (bicyclic) bond motifs is 2. The van der Waals surface area contributed by atoms with Crippen molar-refractivity contribution in [2.45, 2.75) is 39.1 Å². The van der Waals surface area contributed by atoms with E-state index in [0.717, 1.165) is 32.5 Å². The summed E-state index contributed by atoms with van der Waals surface area (Å²) in [5, 5.41) is 23.3. The van der Waals surface area contributed by atoms with Gasteiger partial charge in [0, 0.05) is 75.0 Å². The molecule has 4 aromatic rings. The van der Waals surface area contributed by atoms with Crippen molar-refractivity contribution in [3.8, 4) is 17.0 Å². The Morgan fingerprint density at radius 1 is 1.12 bits per heavy atom. The van der Waals surface area contributed by atoms with Gasteiger partial charge in [0.2, 0.25) is 5.91 Å². The molecule has 51 heavy (non-hydrogen) atoms. The second-order valence-electron chi connectivity index (χ2n) is 13.3. The smallest absolute Gasteiger partial charge is 0.409 e. The number of carbonyl (C=O) groups excluding carboxylic acids is 2. The third-order valence-corrected chi connectivity index (χ3v) is 10.2. The average Bonchev–Trinajstić information content (AvgIpc) is 3.89. The number of alkyl halides is 2. The number of rotatable bonds is 11. The highest BCUT2D eigenvalue weighted by atomic mass is 35.5. The fraction of sp³-hybridized carbons (Fsp3) is 0.500. The maximum atomic E-state index is 13.6. The number of likely N-dealkylation sites (tertiary alicyclic amines) is 3. The number of hydrogen-bond donors (Lipinski definition) is 2. The molecule has 2 amide bonds. The van der Waals surface area contributed by atoms with Crippen LogP contribution in [-0.2, 0) is 16.1 Å². The van der Waals surface area contributed by atoms with Crippen molar-refractivity contribution in [1.82, 2.24) is 39.1 Å². The Morgan fingerprint density at radius 2 is 1.88 bits per heavy atom. The maximum Gasteiger partial charge on any atom is 0.409 e. The summed E-state index contributed by atoms with van der Waals surface area (Å²) in [6.07, 6.45) is 6.65. The third-order valence-electron chi connectivity index (χ3n) is 9.94. The first-order chi connectivity index (χ1) is 24.6. The minimum Gasteiger partial charge on any atom is -0.450 e. The second kappa shape index (κ2) is 15.0. The molecule has 272 valence electrons. The lowest BCUT2D eigenvalue weighted by molar-refractivity contribution is -0.131. The Morgan fingerprint density at radius 3 is 2.61 bits per heavy atom. The number of amides is 2. The summed E-state index contributed by atoms with van der Waals surface area (Å²) in [5.41, 5.74) is 1.37. The predicted octanol–water partition coefficient (Wildman–Crippen LogP) is 4.21. The monoisotopic (exact) mass is 727 g/mol. The molecule has 3 fully saturated rings. The van der Waals surface area contributed by atoms with E-state index in [0.29, 0.717) is 61.8 Å². The fourth-order valence-corrected chi connectivity index (χ4v) is 7.69. The van der Waals surface area contributed by atoms with Crippen LogP contribution < -0.4 is 10.1 Å². The molecule has 17 heteroatoms. The van der Waals surface area contributed by atoms with Crippen molar-refractivity contribution in [1.29, 1.82) is 0 Å². The Balaban J connectivity index is 1.02. The fourth-order valence-electron chi connectivity index (χ4n) is 7.52. The van der Waals surface area contributed by atoms with Crippen LogP contribution in [0.15, 0.2) is 49.1 Å². The van der Waals surface area contributed by atoms with Gasteiger partial charge in [-0.1, -0.05) is 11.6 Å². The highest BCUT2D eigenvalue weighted by Crippen LogP contribution is 2.38. The quantitative estimate of drug-likeness (QED) is 0.216. The van der Waals surface area contributed by atoms with E-state index in [1.807, 2.05) is 11.8 Å². The van der Waals surface area contributed by atoms with Gasteiger partial charge in [-0.15, -0.1) is 0 Å². The van der Waals surface area contributed by atoms with Gasteiger partial charge in [-0.3, -0.25) is 9.48 Å². The number of aliphatic hydroxyl groups excluding tert-OH is 1. The van der Waals surface area contributed by atoms with E-state index in [1.165, 1.54) is 33.6 Å². The first-order valence-electron chi connectivity index (χ1n) is 17.1. The lowest BCUT2D eigenvalue weighted by atomic mass is 9.96. The number of carbonyl (C=O) groups is 2. The number of nitrogens with one attached hydrogen (secondary N) is 1. The van der Waals surface area contributed by atoms with Gasteiger partial charge in [0.05, 0.1) is 24.1 Å². The zero-order chi connectivity index (χ0) is 35.6. The molecule has 7 rings (SSSR count). The van der Waals surface area contributed by atoms with Gasteiger partial charge in [0.15, 0.2) is 11.9 Å². The first kappa shape index (κ1) is 34.9. The summed E-state index contributed by atoms with van der Waals surface area (Å²) in [7, 11) is 0. The predicted molar refractivity (Wildman–Crippen MR) is 182 cm³/mol. The summed E-state index contributed by atoms with van der Waals surface area (Å²) >= 11 is 6.27. The molecular formula is C34H40ClF2N9O5. The molecule has 1 aromatic carbocycles. The van der Waals surface area contributed by atoms with Crippen molar-refractivity contribution < 1.29 is 33.0 Å². The molecule has 0 radical (unpaired) electrons. The zero-order valence-corrected chi connectivity index (χ0v) is 28.8. The molecule has 14 nitrogen and oxygen atoms in total. The van der Waals surface area contributed by atoms with Crippen LogP contribution in [0.1, 0.15) is 31.6 Å². The van der Waals surface area contributed by atoms with Gasteiger partial charge in [0.1, 0.15) is 18.0 Å². The van der Waals surface area contributed by atoms with E-state index in [-0.39, 0.29) is 46.3 Å². The average molecular weight is 728 g/mol. The van der Waals surface area contributed by atoms with Crippen LogP contribution in [0.2, 0.25) is 5.02 Å². The van der Waals surface area contributed by atoms with Crippen molar-refractivity contribution >= 4 is 34.9 Å². The third kappa shape index (κ3) is 7.72. The van der Waals surface area contributed by atoms with Crippen molar-refractivity contribution in [3.63, 3.8) is 0 Å². The minimum atomic E-state index is -3.10. The summed E-state index contributed by atoms with van der Waals surface area (Å²) in [6.45, 7) is 4.54. The molecule has 6 heterocycles. The maximum absolute atomic E-state index is 13.6. The van der Waals surface area contributed by atoms with Gasteiger partial charge in [0.25, 0.3) is 0 Å². The van der Waals surface area contributed by atoms with E-state index < -0.39 is 12.8 Å². The van der Waals surface area contributed by atoms with E-state index in [1.54, 1.807) is 29.6 Å². The highest BCUT2D eigenvalue weighted by Gasteiger charge is 2.42. The lowest BCUT2D eigenvalue weighted by Crippen LogP contribution is -2.42. The minimum absolute atomic E-state index is 0.100. The van der Waals surface area contributed by atoms with Gasteiger partial charge in [-0.25, -0.2) is 14.3 Å². The number of nitrogens with zero attached hydrogens (tertiary/aromatic N) is 8. The molecule has 0 saturated carbocycles. The normalized spacial score (nSPS) is 20.3. The summed E-state index contributed by atoms with van der Waals surface area (Å²) in [6, 6.07) is 5.90. The molecular weight excluding hydrogens is 688 g/mol. The Labute approximate surface area is 297 Å². The number of halogens is 3. The number of hydrogen-bond acceptors (Lipinski definition) is 10. The van der Waals surface area contributed by atoms with Crippen LogP contribution in [0.4, 0.5) is 19.3 Å². The van der Waals surface area contributed by atoms with Crippen molar-refractivity contribution in [3.05, 3.63) is 59.6 Å². The Bertz CT molecular complexity index is 1850. The second-order valence-corrected chi connectivity index (χ2v) is 13.7. The van der Waals surface area contributed by atoms with Gasteiger partial charge < -0.3 is 34.6 Å². The van der Waals surface area contributed by atoms with Crippen LogP contribution >= 0.6 is 11.6 Å². The van der Waals surface area contributed by atoms with Gasteiger partial charge in [-0.2, -0.15) is 19.0 Å². The summed E-state index contributed by atoms with van der Waals surface area (Å²) in [4.78, 5) is 36.1. The molecule has 0 aliphatic carbocycles. The van der Waals surface area contributed by atoms with Crippen molar-refractivity contribution in [2.75, 3.05) is 57.7 Å². The highest BCUT2D eigenvalue weighted by molar-refractivity contribution is 6.31. The molecule has 2 N–H and O–H groups in total. The molecule has 3 aliphatic heterocycles. The van der Waals surface area contributed by atoms with Crippen molar-refractivity contribution in [2.24, 2.45) is 17.8 Å². The first-order valence-corrected chi connectivity index (χ1v) is 17.5. The largest absolute Gasteiger partial charge is 0.450 e. The van der Waals surface area contributed by atoms with E-state index >= 15 is 0 Å². The molecule has 3 atom stereocenters. The van der Waals surface area contributed by atoms with Gasteiger partial charge in [-0.05, 0) is 61.8 Å². The van der Waals surface area contributed by atoms with Gasteiger partial charge >= 0.3 is 12.7 Å². The summed E-state index contributed by atoms with van der Waals surface area (Å²) < 4.78 is 39.6. The molecule has 3 aliphatic rings. The molecule has 3 aromatic heterocycles. The number of ether oxygens (including phenoxy) is 2. The van der Waals surface area contributed by atoms with Crippen LogP contribution in [0.3, 0.4) is 0 Å². The number of benzene rings is 1. The van der Waals surface area contributed by atoms with Crippen LogP contribution in [0, 0.1) is 17.8 Å². The van der Waals surface area contributed by atoms with E-state index in [4.69, 9.17) is 21.1 Å². The zero-order valence-electron chi connectivity index (χ0n) is 28.1. The van der Waals surface area contributed by atoms with E-state index in [9.17, 15) is 23.5 Å². The molecule has 0 spiro atoms. The van der Waals surface area contributed by atoms with E-state index in [2.05, 4.69) is 25.4 Å². The number of aromatic nitrogens is 5. The molecule has 0 bridgehead atoms. The lowest BCUT2D eigenvalue weighted by Gasteiger charge is -2.33. The number of anilines is 1. The van der Waals surface area contributed by atoms with Crippen LogP contribution in [0.25, 0.3) is 16.9 Å². The topological polar surface area (TPSA) is 143 Å². The number of aliphatic hydroxyl groups is 1. The summed E-state index contributed by atoms with van der Waals surface area (Å²) in [5.74, 6) is 0.981. The van der Waals surface area contributed by atoms with Crippen LogP contribution in [0.5, 0.6) is 5.75 Å². The van der Waals surface area contributed by atoms with Crippen LogP contribution in [-0.4, -0.2) is 115 Å². The molecule has 1 unspecified atom stereocenters. The number of piperidine rings is 1. The Kier molecular flexibility index (Phi) is 10.2. The molecule has 3 saturated heterocycles. The Hall–Kier alpha value is -4.54.